The van der Waals surface area contributed by atoms with Gasteiger partial charge in [0.25, 0.3) is 0 Å². The van der Waals surface area contributed by atoms with Gasteiger partial charge in [0.15, 0.2) is 17.5 Å². The van der Waals surface area contributed by atoms with Gasteiger partial charge in [-0.3, -0.25) is 0 Å². The van der Waals surface area contributed by atoms with E-state index in [-0.39, 0.29) is 10.8 Å². The minimum Gasteiger partial charge on any atom is -0.208 e. The molecular weight excluding hydrogens is 655 g/mol. The lowest BCUT2D eigenvalue weighted by Crippen LogP contribution is -2.43. The molecule has 3 nitrogen and oxygen atoms in total. The molecule has 0 bridgehead atoms. The van der Waals surface area contributed by atoms with Gasteiger partial charge in [-0.15, -0.1) is 0 Å². The number of fused-ring (bicyclic) bond motifs is 3. The van der Waals surface area contributed by atoms with Crippen LogP contribution in [0.2, 0.25) is 0 Å². The summed E-state index contributed by atoms with van der Waals surface area (Å²) in [6.45, 7) is 9.63. The molecule has 0 fully saturated rings. The number of aromatic nitrogens is 3. The first kappa shape index (κ1) is 33.4. The van der Waals surface area contributed by atoms with Crippen molar-refractivity contribution in [2.24, 2.45) is 0 Å². The van der Waals surface area contributed by atoms with Crippen LogP contribution in [0.3, 0.4) is 0 Å². The Morgan fingerprint density at radius 2 is 0.759 bits per heavy atom. The Morgan fingerprint density at radius 3 is 1.39 bits per heavy atom. The van der Waals surface area contributed by atoms with Crippen molar-refractivity contribution in [2.75, 3.05) is 0 Å². The van der Waals surface area contributed by atoms with E-state index in [1.807, 2.05) is 60.7 Å². The Kier molecular flexibility index (Phi) is 8.16. The molecule has 1 aromatic heterocycles. The molecule has 260 valence electrons. The smallest absolute Gasteiger partial charge is 0.164 e. The van der Waals surface area contributed by atoms with E-state index >= 15 is 0 Å². The third-order valence-electron chi connectivity index (χ3n) is 11.7. The zero-order valence-corrected chi connectivity index (χ0v) is 31.1. The molecule has 1 aliphatic carbocycles. The highest BCUT2D eigenvalue weighted by molar-refractivity contribution is 5.96. The SMILES string of the molecule is CC1(C)c2cc(-c3ccccc3)ccc2-c2c(-c3ccccc3-c3cccc(-c4nc(-c5ccccc5)nc(-c5ccccc5)n4)c3)cccc2C1(C)C. The Hall–Kier alpha value is -6.45. The first-order valence-electron chi connectivity index (χ1n) is 18.7. The highest BCUT2D eigenvalue weighted by Crippen LogP contribution is 2.57. The second-order valence-corrected chi connectivity index (χ2v) is 15.3. The predicted molar refractivity (Wildman–Crippen MR) is 224 cm³/mol. The summed E-state index contributed by atoms with van der Waals surface area (Å²) in [7, 11) is 0. The summed E-state index contributed by atoms with van der Waals surface area (Å²) in [6.07, 6.45) is 0. The van der Waals surface area contributed by atoms with Crippen LogP contribution in [0, 0.1) is 0 Å². The molecule has 9 rings (SSSR count). The Bertz CT molecular complexity index is 2580. The molecule has 1 aliphatic rings. The summed E-state index contributed by atoms with van der Waals surface area (Å²) in [5.74, 6) is 1.95. The largest absolute Gasteiger partial charge is 0.208 e. The fourth-order valence-electron chi connectivity index (χ4n) is 8.08. The van der Waals surface area contributed by atoms with Crippen LogP contribution in [0.1, 0.15) is 38.8 Å². The second-order valence-electron chi connectivity index (χ2n) is 15.3. The van der Waals surface area contributed by atoms with E-state index in [1.165, 1.54) is 50.1 Å². The Labute approximate surface area is 318 Å². The number of rotatable bonds is 6. The molecule has 0 N–H and O–H groups in total. The van der Waals surface area contributed by atoms with E-state index in [4.69, 9.17) is 15.0 Å². The van der Waals surface area contributed by atoms with Crippen LogP contribution < -0.4 is 0 Å². The van der Waals surface area contributed by atoms with Gasteiger partial charge in [-0.05, 0) is 78.6 Å². The molecule has 0 atom stereocenters. The normalized spacial score (nSPS) is 13.9. The monoisotopic (exact) mass is 695 g/mol. The van der Waals surface area contributed by atoms with Gasteiger partial charge < -0.3 is 0 Å². The van der Waals surface area contributed by atoms with Gasteiger partial charge in [-0.1, -0.05) is 191 Å². The molecule has 7 aromatic carbocycles. The van der Waals surface area contributed by atoms with Crippen molar-refractivity contribution in [1.82, 2.24) is 15.0 Å². The van der Waals surface area contributed by atoms with Crippen LogP contribution in [0.15, 0.2) is 176 Å². The van der Waals surface area contributed by atoms with Crippen molar-refractivity contribution in [3.63, 3.8) is 0 Å². The van der Waals surface area contributed by atoms with Crippen molar-refractivity contribution >= 4 is 0 Å². The lowest BCUT2D eigenvalue weighted by Gasteiger charge is -2.49. The van der Waals surface area contributed by atoms with E-state index in [0.29, 0.717) is 17.5 Å². The van der Waals surface area contributed by atoms with Crippen LogP contribution in [-0.4, -0.2) is 15.0 Å². The van der Waals surface area contributed by atoms with Crippen LogP contribution in [0.4, 0.5) is 0 Å². The molecule has 3 heteroatoms. The molecule has 0 spiro atoms. The highest BCUT2D eigenvalue weighted by Gasteiger charge is 2.46. The second kappa shape index (κ2) is 13.2. The van der Waals surface area contributed by atoms with Gasteiger partial charge in [-0.2, -0.15) is 0 Å². The van der Waals surface area contributed by atoms with Crippen molar-refractivity contribution in [3.05, 3.63) is 187 Å². The predicted octanol–water partition coefficient (Wildman–Crippen LogP) is 13.1. The van der Waals surface area contributed by atoms with Crippen LogP contribution in [0.25, 0.3) is 78.7 Å². The number of nitrogens with zero attached hydrogens (tertiary/aromatic N) is 3. The number of benzene rings is 7. The van der Waals surface area contributed by atoms with E-state index in [1.54, 1.807) is 0 Å². The third-order valence-corrected chi connectivity index (χ3v) is 11.7. The van der Waals surface area contributed by atoms with Crippen LogP contribution >= 0.6 is 0 Å². The summed E-state index contributed by atoms with van der Waals surface area (Å²) in [6, 6.07) is 62.4. The molecule has 0 saturated carbocycles. The maximum Gasteiger partial charge on any atom is 0.164 e. The van der Waals surface area contributed by atoms with Gasteiger partial charge >= 0.3 is 0 Å². The quantitative estimate of drug-likeness (QED) is 0.174. The summed E-state index contributed by atoms with van der Waals surface area (Å²) >= 11 is 0. The highest BCUT2D eigenvalue weighted by atomic mass is 15.0. The molecule has 54 heavy (non-hydrogen) atoms. The van der Waals surface area contributed by atoms with Crippen molar-refractivity contribution in [3.8, 4) is 78.7 Å². The summed E-state index contributed by atoms with van der Waals surface area (Å²) in [5, 5.41) is 0. The number of hydrogen-bond acceptors (Lipinski definition) is 3. The van der Waals surface area contributed by atoms with E-state index in [0.717, 1.165) is 22.3 Å². The maximum atomic E-state index is 5.03. The van der Waals surface area contributed by atoms with Gasteiger partial charge in [0.2, 0.25) is 0 Å². The van der Waals surface area contributed by atoms with Gasteiger partial charge in [0.1, 0.15) is 0 Å². The van der Waals surface area contributed by atoms with Crippen molar-refractivity contribution in [2.45, 2.75) is 38.5 Å². The van der Waals surface area contributed by atoms with Gasteiger partial charge in [-0.25, -0.2) is 15.0 Å². The van der Waals surface area contributed by atoms with Crippen molar-refractivity contribution in [1.29, 1.82) is 0 Å². The molecule has 1 heterocycles. The molecular formula is C51H41N3. The van der Waals surface area contributed by atoms with Crippen LogP contribution in [-0.2, 0) is 10.8 Å². The molecule has 0 saturated heterocycles. The summed E-state index contributed by atoms with van der Waals surface area (Å²) < 4.78 is 0. The van der Waals surface area contributed by atoms with E-state index in [9.17, 15) is 0 Å². The third kappa shape index (κ3) is 5.64. The number of hydrogen-bond donors (Lipinski definition) is 0. The zero-order chi connectivity index (χ0) is 36.9. The topological polar surface area (TPSA) is 38.7 Å². The van der Waals surface area contributed by atoms with Gasteiger partial charge in [0.05, 0.1) is 0 Å². The lowest BCUT2D eigenvalue weighted by atomic mass is 9.54. The van der Waals surface area contributed by atoms with E-state index in [2.05, 4.69) is 143 Å². The minimum absolute atomic E-state index is 0.103. The molecule has 0 unspecified atom stereocenters. The average molecular weight is 696 g/mol. The molecule has 8 aromatic rings. The first-order valence-corrected chi connectivity index (χ1v) is 18.7. The molecule has 0 aliphatic heterocycles. The van der Waals surface area contributed by atoms with E-state index < -0.39 is 0 Å². The Morgan fingerprint density at radius 1 is 0.296 bits per heavy atom. The zero-order valence-electron chi connectivity index (χ0n) is 31.1. The minimum atomic E-state index is -0.124. The summed E-state index contributed by atoms with van der Waals surface area (Å²) in [4.78, 5) is 15.0. The van der Waals surface area contributed by atoms with Gasteiger partial charge in [0, 0.05) is 16.7 Å². The summed E-state index contributed by atoms with van der Waals surface area (Å²) in [5.41, 5.74) is 15.2. The molecule has 0 amide bonds. The maximum absolute atomic E-state index is 5.03. The average Bonchev–Trinajstić information content (AvgIpc) is 3.23. The Balaban J connectivity index is 1.20. The fraction of sp³-hybridized carbons (Fsp3) is 0.118. The standard InChI is InChI=1S/C51H41N3/c1-50(2)44-29-17-28-42(46(44)43-31-30-37(33-45(43)51(50,3)4)34-18-8-5-9-19-34)41-27-15-14-26-40(41)38-24-16-25-39(32-38)49-53-47(35-20-10-6-11-21-35)52-48(54-49)36-22-12-7-13-23-36/h5-33H,1-4H3. The lowest BCUT2D eigenvalue weighted by molar-refractivity contribution is 0.299. The van der Waals surface area contributed by atoms with Crippen LogP contribution in [0.5, 0.6) is 0 Å². The molecule has 0 radical (unpaired) electrons. The fourth-order valence-corrected chi connectivity index (χ4v) is 8.08. The first-order chi connectivity index (χ1) is 26.3. The van der Waals surface area contributed by atoms with Crippen molar-refractivity contribution < 1.29 is 0 Å².